The molecular formula is C16H20N6O3S. The third kappa shape index (κ3) is 4.94. The number of hydrogen-bond acceptors (Lipinski definition) is 8. The lowest BCUT2D eigenvalue weighted by Gasteiger charge is -2.34. The normalized spacial score (nSPS) is 14.3. The number of nitrogens with one attached hydrogen (secondary N) is 1. The average Bonchev–Trinajstić information content (AvgIpc) is 3.07. The second-order valence-electron chi connectivity index (χ2n) is 5.78. The minimum atomic E-state index is -0.206. The first kappa shape index (κ1) is 18.2. The van der Waals surface area contributed by atoms with Crippen molar-refractivity contribution in [2.24, 2.45) is 0 Å². The van der Waals surface area contributed by atoms with E-state index in [9.17, 15) is 9.59 Å². The summed E-state index contributed by atoms with van der Waals surface area (Å²) in [5.74, 6) is 1.99. The molecule has 0 bridgehead atoms. The molecule has 0 atom stereocenters. The number of piperazine rings is 1. The van der Waals surface area contributed by atoms with E-state index in [1.165, 1.54) is 11.8 Å². The molecule has 0 spiro atoms. The zero-order valence-corrected chi connectivity index (χ0v) is 15.2. The molecule has 3 rings (SSSR count). The Morgan fingerprint density at radius 1 is 1.19 bits per heavy atom. The number of rotatable bonds is 6. The minimum absolute atomic E-state index is 0.0358. The van der Waals surface area contributed by atoms with Crippen LogP contribution in [0.25, 0.3) is 0 Å². The second kappa shape index (κ2) is 8.65. The van der Waals surface area contributed by atoms with E-state index in [-0.39, 0.29) is 23.3 Å². The van der Waals surface area contributed by atoms with Crippen LogP contribution in [0.3, 0.4) is 0 Å². The van der Waals surface area contributed by atoms with Crippen LogP contribution in [0.1, 0.15) is 5.76 Å². The molecule has 1 fully saturated rings. The molecule has 1 N–H and O–H groups in total. The predicted molar refractivity (Wildman–Crippen MR) is 98.0 cm³/mol. The lowest BCUT2D eigenvalue weighted by atomic mass is 10.3. The molecule has 10 heteroatoms. The van der Waals surface area contributed by atoms with Gasteiger partial charge < -0.3 is 19.6 Å². The summed E-state index contributed by atoms with van der Waals surface area (Å²) in [6.45, 7) is 4.41. The number of nitrogens with zero attached hydrogens (tertiary/aromatic N) is 5. The first-order chi connectivity index (χ1) is 12.6. The minimum Gasteiger partial charge on any atom is -0.360 e. The van der Waals surface area contributed by atoms with Gasteiger partial charge in [0.15, 0.2) is 5.82 Å². The molecule has 3 heterocycles. The van der Waals surface area contributed by atoms with Crippen LogP contribution in [0.2, 0.25) is 0 Å². The van der Waals surface area contributed by atoms with Gasteiger partial charge in [-0.2, -0.15) is 0 Å². The van der Waals surface area contributed by atoms with Crippen molar-refractivity contribution in [3.63, 3.8) is 0 Å². The smallest absolute Gasteiger partial charge is 0.235 e. The lowest BCUT2D eigenvalue weighted by molar-refractivity contribution is -0.128. The van der Waals surface area contributed by atoms with E-state index in [0.717, 1.165) is 0 Å². The highest BCUT2D eigenvalue weighted by molar-refractivity contribution is 8.00. The molecule has 0 unspecified atom stereocenters. The van der Waals surface area contributed by atoms with E-state index in [1.54, 1.807) is 31.5 Å². The number of carbonyl (C=O) groups excluding carboxylic acids is 2. The number of amides is 2. The van der Waals surface area contributed by atoms with Crippen LogP contribution in [0, 0.1) is 6.92 Å². The molecule has 9 nitrogen and oxygen atoms in total. The summed E-state index contributed by atoms with van der Waals surface area (Å²) in [6, 6.07) is 3.42. The van der Waals surface area contributed by atoms with Gasteiger partial charge in [-0.15, -0.1) is 11.8 Å². The van der Waals surface area contributed by atoms with Gasteiger partial charge in [0, 0.05) is 44.6 Å². The Morgan fingerprint density at radius 3 is 2.58 bits per heavy atom. The average molecular weight is 376 g/mol. The van der Waals surface area contributed by atoms with Crippen molar-refractivity contribution in [3.8, 4) is 0 Å². The summed E-state index contributed by atoms with van der Waals surface area (Å²) in [4.78, 5) is 36.4. The summed E-state index contributed by atoms with van der Waals surface area (Å²) in [7, 11) is 0. The molecule has 0 aliphatic carbocycles. The third-order valence-electron chi connectivity index (χ3n) is 3.82. The van der Waals surface area contributed by atoms with Gasteiger partial charge in [-0.25, -0.2) is 9.97 Å². The summed E-state index contributed by atoms with van der Waals surface area (Å²) < 4.78 is 4.88. The largest absolute Gasteiger partial charge is 0.360 e. The van der Waals surface area contributed by atoms with Crippen molar-refractivity contribution < 1.29 is 14.1 Å². The fourth-order valence-electron chi connectivity index (χ4n) is 2.54. The Labute approximate surface area is 155 Å². The van der Waals surface area contributed by atoms with Gasteiger partial charge in [0.25, 0.3) is 0 Å². The molecule has 0 saturated carbocycles. The van der Waals surface area contributed by atoms with Gasteiger partial charge in [-0.3, -0.25) is 9.59 Å². The summed E-state index contributed by atoms with van der Waals surface area (Å²) in [5.41, 5.74) is 0. The number of aromatic nitrogens is 3. The molecule has 0 radical (unpaired) electrons. The molecule has 1 saturated heterocycles. The fourth-order valence-corrected chi connectivity index (χ4v) is 3.25. The molecule has 2 amide bonds. The van der Waals surface area contributed by atoms with Crippen LogP contribution in [0.4, 0.5) is 11.8 Å². The van der Waals surface area contributed by atoms with Crippen LogP contribution in [-0.4, -0.2) is 69.5 Å². The monoisotopic (exact) mass is 376 g/mol. The number of carbonyl (C=O) groups is 2. The van der Waals surface area contributed by atoms with Gasteiger partial charge in [0.05, 0.1) is 11.5 Å². The standard InChI is InChI=1S/C16H20N6O3S/c1-12-9-13(20-25-12)19-14(23)10-26-11-15(24)21-5-7-22(8-6-21)16-17-3-2-4-18-16/h2-4,9H,5-8,10-11H2,1H3,(H,19,20,23). The van der Waals surface area contributed by atoms with Crippen LogP contribution < -0.4 is 10.2 Å². The highest BCUT2D eigenvalue weighted by Crippen LogP contribution is 2.12. The molecular weight excluding hydrogens is 356 g/mol. The maximum absolute atomic E-state index is 12.3. The SMILES string of the molecule is Cc1cc(NC(=O)CSCC(=O)N2CCN(c3ncccn3)CC2)no1. The van der Waals surface area contributed by atoms with Crippen molar-refractivity contribution in [1.29, 1.82) is 0 Å². The van der Waals surface area contributed by atoms with E-state index in [1.807, 2.05) is 4.90 Å². The highest BCUT2D eigenvalue weighted by Gasteiger charge is 2.22. The van der Waals surface area contributed by atoms with Gasteiger partial charge in [0.2, 0.25) is 17.8 Å². The van der Waals surface area contributed by atoms with E-state index >= 15 is 0 Å². The van der Waals surface area contributed by atoms with E-state index in [2.05, 4.69) is 25.3 Å². The first-order valence-electron chi connectivity index (χ1n) is 8.22. The van der Waals surface area contributed by atoms with Crippen LogP contribution >= 0.6 is 11.8 Å². The van der Waals surface area contributed by atoms with Crippen LogP contribution in [0.5, 0.6) is 0 Å². The van der Waals surface area contributed by atoms with Crippen molar-refractivity contribution in [2.45, 2.75) is 6.92 Å². The first-order valence-corrected chi connectivity index (χ1v) is 9.38. The van der Waals surface area contributed by atoms with Gasteiger partial charge in [-0.05, 0) is 13.0 Å². The Balaban J connectivity index is 1.36. The van der Waals surface area contributed by atoms with Crippen molar-refractivity contribution in [1.82, 2.24) is 20.0 Å². The Morgan fingerprint density at radius 2 is 1.92 bits per heavy atom. The maximum Gasteiger partial charge on any atom is 0.235 e. The molecule has 138 valence electrons. The lowest BCUT2D eigenvalue weighted by Crippen LogP contribution is -2.49. The Bertz CT molecular complexity index is 745. The Hall–Kier alpha value is -2.62. The second-order valence-corrected chi connectivity index (χ2v) is 6.77. The van der Waals surface area contributed by atoms with Crippen molar-refractivity contribution in [2.75, 3.05) is 47.9 Å². The molecule has 26 heavy (non-hydrogen) atoms. The summed E-state index contributed by atoms with van der Waals surface area (Å²) in [6.07, 6.45) is 3.42. The van der Waals surface area contributed by atoms with E-state index < -0.39 is 0 Å². The summed E-state index contributed by atoms with van der Waals surface area (Å²) >= 11 is 1.29. The van der Waals surface area contributed by atoms with Gasteiger partial charge in [-0.1, -0.05) is 5.16 Å². The predicted octanol–water partition coefficient (Wildman–Crippen LogP) is 0.794. The summed E-state index contributed by atoms with van der Waals surface area (Å²) in [5, 5.41) is 6.33. The maximum atomic E-state index is 12.3. The number of aryl methyl sites for hydroxylation is 1. The number of thioether (sulfide) groups is 1. The topological polar surface area (TPSA) is 104 Å². The third-order valence-corrected chi connectivity index (χ3v) is 4.74. The van der Waals surface area contributed by atoms with Crippen molar-refractivity contribution >= 4 is 35.3 Å². The number of hydrogen-bond donors (Lipinski definition) is 1. The molecule has 1 aliphatic rings. The van der Waals surface area contributed by atoms with Gasteiger partial charge in [0.1, 0.15) is 5.76 Å². The van der Waals surface area contributed by atoms with Crippen LogP contribution in [0.15, 0.2) is 29.0 Å². The Kier molecular flexibility index (Phi) is 6.05. The van der Waals surface area contributed by atoms with E-state index in [4.69, 9.17) is 4.52 Å². The van der Waals surface area contributed by atoms with Crippen LogP contribution in [-0.2, 0) is 9.59 Å². The van der Waals surface area contributed by atoms with E-state index in [0.29, 0.717) is 43.7 Å². The molecule has 2 aromatic heterocycles. The zero-order valence-electron chi connectivity index (χ0n) is 14.4. The molecule has 2 aromatic rings. The van der Waals surface area contributed by atoms with Gasteiger partial charge >= 0.3 is 0 Å². The van der Waals surface area contributed by atoms with Crippen molar-refractivity contribution in [3.05, 3.63) is 30.3 Å². The fraction of sp³-hybridized carbons (Fsp3) is 0.438. The molecule has 1 aliphatic heterocycles. The quantitative estimate of drug-likeness (QED) is 0.789. The highest BCUT2D eigenvalue weighted by atomic mass is 32.2. The zero-order chi connectivity index (χ0) is 18.4. The number of anilines is 2. The molecule has 0 aromatic carbocycles.